The van der Waals surface area contributed by atoms with E-state index in [0.717, 1.165) is 22.2 Å². The molecule has 3 rings (SSSR count). The highest BCUT2D eigenvalue weighted by molar-refractivity contribution is 5.82. The van der Waals surface area contributed by atoms with Crippen molar-refractivity contribution in [3.8, 4) is 11.5 Å². The normalized spacial score (nSPS) is 10.6. The highest BCUT2D eigenvalue weighted by atomic mass is 16.6. The minimum absolute atomic E-state index is 0.0402. The molecule has 2 aromatic carbocycles. The van der Waals surface area contributed by atoms with Gasteiger partial charge in [-0.15, -0.1) is 0 Å². The maximum Gasteiger partial charge on any atom is 0.273 e. The van der Waals surface area contributed by atoms with Gasteiger partial charge < -0.3 is 9.47 Å². The summed E-state index contributed by atoms with van der Waals surface area (Å²) in [6, 6.07) is 14.0. The first-order valence-electron chi connectivity index (χ1n) is 7.39. The smallest absolute Gasteiger partial charge is 0.273 e. The van der Waals surface area contributed by atoms with Gasteiger partial charge in [-0.05, 0) is 25.1 Å². The van der Waals surface area contributed by atoms with E-state index in [1.165, 1.54) is 25.3 Å². The van der Waals surface area contributed by atoms with E-state index >= 15 is 0 Å². The van der Waals surface area contributed by atoms with Gasteiger partial charge >= 0.3 is 0 Å². The molecular weight excluding hydrogens is 308 g/mol. The van der Waals surface area contributed by atoms with E-state index in [4.69, 9.17) is 9.47 Å². The van der Waals surface area contributed by atoms with Gasteiger partial charge in [0.05, 0.1) is 23.6 Å². The van der Waals surface area contributed by atoms with Gasteiger partial charge in [0.1, 0.15) is 6.61 Å². The Labute approximate surface area is 138 Å². The van der Waals surface area contributed by atoms with E-state index in [-0.39, 0.29) is 12.3 Å². The number of benzene rings is 2. The maximum absolute atomic E-state index is 10.9. The average Bonchev–Trinajstić information content (AvgIpc) is 2.59. The average molecular weight is 324 g/mol. The fraction of sp³-hybridized carbons (Fsp3) is 0.167. The zero-order chi connectivity index (χ0) is 17.1. The van der Waals surface area contributed by atoms with Gasteiger partial charge in [-0.2, -0.15) is 0 Å². The van der Waals surface area contributed by atoms with E-state index in [1.807, 2.05) is 37.3 Å². The van der Waals surface area contributed by atoms with Crippen LogP contribution in [0.4, 0.5) is 5.69 Å². The van der Waals surface area contributed by atoms with Gasteiger partial charge in [0, 0.05) is 22.7 Å². The molecule has 1 aromatic heterocycles. The third-order valence-corrected chi connectivity index (χ3v) is 3.67. The number of non-ortho nitro benzene ring substituents is 1. The van der Waals surface area contributed by atoms with Crippen LogP contribution in [0, 0.1) is 17.0 Å². The summed E-state index contributed by atoms with van der Waals surface area (Å²) < 4.78 is 11.0. The summed E-state index contributed by atoms with van der Waals surface area (Å²) >= 11 is 0. The molecule has 0 aliphatic carbocycles. The molecule has 0 unspecified atom stereocenters. The summed E-state index contributed by atoms with van der Waals surface area (Å²) in [6.07, 6.45) is 0. The maximum atomic E-state index is 10.9. The first-order chi connectivity index (χ1) is 11.6. The molecule has 24 heavy (non-hydrogen) atoms. The number of ether oxygens (including phenoxy) is 2. The molecule has 0 aliphatic rings. The van der Waals surface area contributed by atoms with Crippen molar-refractivity contribution < 1.29 is 14.4 Å². The Hall–Kier alpha value is -3.15. The number of aromatic nitrogens is 1. The van der Waals surface area contributed by atoms with Gasteiger partial charge in [-0.3, -0.25) is 15.1 Å². The van der Waals surface area contributed by atoms with Gasteiger partial charge in [0.25, 0.3) is 5.69 Å². The van der Waals surface area contributed by atoms with Crippen LogP contribution in [-0.2, 0) is 6.61 Å². The summed E-state index contributed by atoms with van der Waals surface area (Å²) in [4.78, 5) is 15.0. The number of methoxy groups -OCH3 is 1. The standard InChI is InChI=1S/C18H16N2O4/c1-12-9-13(15-5-3-4-6-16(15)19-12)11-24-18-10-14(20(21)22)7-8-17(18)23-2/h3-10H,11H2,1-2H3. The lowest BCUT2D eigenvalue weighted by Crippen LogP contribution is -2.01. The van der Waals surface area contributed by atoms with Crippen molar-refractivity contribution in [1.82, 2.24) is 4.98 Å². The lowest BCUT2D eigenvalue weighted by atomic mass is 10.1. The van der Waals surface area contributed by atoms with Crippen molar-refractivity contribution in [3.05, 3.63) is 69.9 Å². The molecule has 0 bridgehead atoms. The molecule has 6 nitrogen and oxygen atoms in total. The van der Waals surface area contributed by atoms with Crippen LogP contribution in [0.15, 0.2) is 48.5 Å². The summed E-state index contributed by atoms with van der Waals surface area (Å²) in [5, 5.41) is 11.9. The van der Waals surface area contributed by atoms with Crippen molar-refractivity contribution in [2.45, 2.75) is 13.5 Å². The predicted molar refractivity (Wildman–Crippen MR) is 90.5 cm³/mol. The highest BCUT2D eigenvalue weighted by Gasteiger charge is 2.13. The third kappa shape index (κ3) is 3.12. The molecule has 0 N–H and O–H groups in total. The molecule has 0 atom stereocenters. The second-order valence-electron chi connectivity index (χ2n) is 5.32. The molecule has 0 saturated heterocycles. The van der Waals surface area contributed by atoms with Crippen LogP contribution in [0.1, 0.15) is 11.3 Å². The summed E-state index contributed by atoms with van der Waals surface area (Å²) in [5.41, 5.74) is 2.70. The fourth-order valence-corrected chi connectivity index (χ4v) is 2.56. The summed E-state index contributed by atoms with van der Waals surface area (Å²) in [6.45, 7) is 2.19. The Balaban J connectivity index is 1.94. The van der Waals surface area contributed by atoms with Gasteiger partial charge in [0.2, 0.25) is 0 Å². The first-order valence-corrected chi connectivity index (χ1v) is 7.39. The van der Waals surface area contributed by atoms with Crippen molar-refractivity contribution in [2.24, 2.45) is 0 Å². The Kier molecular flexibility index (Phi) is 4.29. The predicted octanol–water partition coefficient (Wildman–Crippen LogP) is 4.04. The number of hydrogen-bond donors (Lipinski definition) is 0. The number of nitrogens with zero attached hydrogens (tertiary/aromatic N) is 2. The molecule has 1 heterocycles. The Morgan fingerprint density at radius 3 is 2.67 bits per heavy atom. The van der Waals surface area contributed by atoms with Crippen LogP contribution < -0.4 is 9.47 Å². The zero-order valence-electron chi connectivity index (χ0n) is 13.4. The van der Waals surface area contributed by atoms with Gasteiger partial charge in [-0.25, -0.2) is 0 Å². The van der Waals surface area contributed by atoms with Crippen LogP contribution in [0.25, 0.3) is 10.9 Å². The highest BCUT2D eigenvalue weighted by Crippen LogP contribution is 2.32. The number of rotatable bonds is 5. The molecule has 0 spiro atoms. The van der Waals surface area contributed by atoms with Crippen LogP contribution in [0.2, 0.25) is 0 Å². The number of aryl methyl sites for hydroxylation is 1. The molecule has 0 radical (unpaired) electrons. The number of nitro benzene ring substituents is 1. The largest absolute Gasteiger partial charge is 0.493 e. The summed E-state index contributed by atoms with van der Waals surface area (Å²) in [5.74, 6) is 0.793. The Morgan fingerprint density at radius 1 is 1.12 bits per heavy atom. The van der Waals surface area contributed by atoms with Crippen molar-refractivity contribution >= 4 is 16.6 Å². The minimum Gasteiger partial charge on any atom is -0.493 e. The molecule has 6 heteroatoms. The Bertz CT molecular complexity index is 909. The minimum atomic E-state index is -0.460. The van der Waals surface area contributed by atoms with Crippen LogP contribution >= 0.6 is 0 Å². The molecule has 3 aromatic rings. The van der Waals surface area contributed by atoms with Gasteiger partial charge in [0.15, 0.2) is 11.5 Å². The van der Waals surface area contributed by atoms with Crippen LogP contribution in [0.5, 0.6) is 11.5 Å². The number of hydrogen-bond acceptors (Lipinski definition) is 5. The van der Waals surface area contributed by atoms with E-state index in [2.05, 4.69) is 4.98 Å². The van der Waals surface area contributed by atoms with E-state index in [1.54, 1.807) is 0 Å². The van der Waals surface area contributed by atoms with Crippen LogP contribution in [0.3, 0.4) is 0 Å². The fourth-order valence-electron chi connectivity index (χ4n) is 2.56. The molecule has 0 saturated carbocycles. The number of pyridine rings is 1. The third-order valence-electron chi connectivity index (χ3n) is 3.67. The second kappa shape index (κ2) is 6.54. The molecule has 0 fully saturated rings. The zero-order valence-corrected chi connectivity index (χ0v) is 13.4. The lowest BCUT2D eigenvalue weighted by Gasteiger charge is -2.12. The number of nitro groups is 1. The molecular formula is C18H16N2O4. The van der Waals surface area contributed by atoms with E-state index < -0.39 is 4.92 Å². The topological polar surface area (TPSA) is 74.5 Å². The number of fused-ring (bicyclic) bond motifs is 1. The van der Waals surface area contributed by atoms with E-state index in [0.29, 0.717) is 11.5 Å². The first kappa shape index (κ1) is 15.7. The summed E-state index contributed by atoms with van der Waals surface area (Å²) in [7, 11) is 1.50. The monoisotopic (exact) mass is 324 g/mol. The molecule has 122 valence electrons. The van der Waals surface area contributed by atoms with E-state index in [9.17, 15) is 10.1 Å². The second-order valence-corrected chi connectivity index (χ2v) is 5.32. The lowest BCUT2D eigenvalue weighted by molar-refractivity contribution is -0.385. The van der Waals surface area contributed by atoms with Crippen molar-refractivity contribution in [3.63, 3.8) is 0 Å². The van der Waals surface area contributed by atoms with Crippen molar-refractivity contribution in [1.29, 1.82) is 0 Å². The van der Waals surface area contributed by atoms with Gasteiger partial charge in [-0.1, -0.05) is 18.2 Å². The molecule has 0 aliphatic heterocycles. The number of para-hydroxylation sites is 1. The molecule has 0 amide bonds. The Morgan fingerprint density at radius 2 is 1.92 bits per heavy atom. The SMILES string of the molecule is COc1ccc([N+](=O)[O-])cc1OCc1cc(C)nc2ccccc12. The quantitative estimate of drug-likeness (QED) is 0.523. The van der Waals surface area contributed by atoms with Crippen molar-refractivity contribution in [2.75, 3.05) is 7.11 Å². The van der Waals surface area contributed by atoms with Crippen LogP contribution in [-0.4, -0.2) is 17.0 Å².